The number of oxazole rings is 1. The molecule has 2 N–H and O–H groups in total. The smallest absolute Gasteiger partial charge is 0.284 e. The molecule has 3 nitrogen and oxygen atoms in total. The van der Waals surface area contributed by atoms with Crippen LogP contribution in [0.3, 0.4) is 0 Å². The number of rotatable bonds is 0. The molecule has 0 amide bonds. The molecule has 0 aliphatic heterocycles. The van der Waals surface area contributed by atoms with E-state index in [9.17, 15) is 0 Å². The SMILES string of the molecule is Nc1cccc2n[c]oc12. The van der Waals surface area contributed by atoms with E-state index in [2.05, 4.69) is 11.4 Å². The first-order valence-corrected chi connectivity index (χ1v) is 2.89. The van der Waals surface area contributed by atoms with E-state index < -0.39 is 0 Å². The zero-order valence-electron chi connectivity index (χ0n) is 5.16. The summed E-state index contributed by atoms with van der Waals surface area (Å²) in [6, 6.07) is 5.42. The largest absolute Gasteiger partial charge is 0.430 e. The lowest BCUT2D eigenvalue weighted by atomic mass is 10.3. The lowest BCUT2D eigenvalue weighted by Gasteiger charge is -1.89. The summed E-state index contributed by atoms with van der Waals surface area (Å²) in [6.45, 7) is 0. The third-order valence-electron chi connectivity index (χ3n) is 1.34. The van der Waals surface area contributed by atoms with Crippen molar-refractivity contribution >= 4 is 16.8 Å². The van der Waals surface area contributed by atoms with Gasteiger partial charge in [-0.3, -0.25) is 0 Å². The molecule has 0 fully saturated rings. The summed E-state index contributed by atoms with van der Waals surface area (Å²) < 4.78 is 4.89. The number of hydrogen-bond acceptors (Lipinski definition) is 3. The topological polar surface area (TPSA) is 52.0 Å². The molecule has 0 unspecified atom stereocenters. The van der Waals surface area contributed by atoms with Gasteiger partial charge in [-0.1, -0.05) is 6.07 Å². The summed E-state index contributed by atoms with van der Waals surface area (Å²) in [4.78, 5) is 3.81. The molecular formula is C7H5N2O. The van der Waals surface area contributed by atoms with Gasteiger partial charge >= 0.3 is 0 Å². The summed E-state index contributed by atoms with van der Waals surface area (Å²) >= 11 is 0. The summed E-state index contributed by atoms with van der Waals surface area (Å²) in [5.74, 6) is 0. The number of anilines is 1. The predicted octanol–water partition coefficient (Wildman–Crippen LogP) is 1.21. The minimum Gasteiger partial charge on any atom is -0.430 e. The predicted molar refractivity (Wildman–Crippen MR) is 37.3 cm³/mol. The minimum absolute atomic E-state index is 0.603. The van der Waals surface area contributed by atoms with Crippen molar-refractivity contribution in [1.29, 1.82) is 0 Å². The average Bonchev–Trinajstić information content (AvgIpc) is 2.36. The fourth-order valence-electron chi connectivity index (χ4n) is 0.859. The van der Waals surface area contributed by atoms with Crippen LogP contribution in [0.4, 0.5) is 5.69 Å². The zero-order chi connectivity index (χ0) is 6.97. The second-order valence-corrected chi connectivity index (χ2v) is 2.00. The van der Waals surface area contributed by atoms with E-state index in [-0.39, 0.29) is 0 Å². The third kappa shape index (κ3) is 0.572. The Hall–Kier alpha value is -1.51. The van der Waals surface area contributed by atoms with Gasteiger partial charge in [0.05, 0.1) is 5.69 Å². The van der Waals surface area contributed by atoms with Crippen molar-refractivity contribution in [1.82, 2.24) is 4.98 Å². The Morgan fingerprint density at radius 2 is 2.40 bits per heavy atom. The molecule has 2 aromatic rings. The number of nitrogens with zero attached hydrogens (tertiary/aromatic N) is 1. The number of nitrogens with two attached hydrogens (primary N) is 1. The highest BCUT2D eigenvalue weighted by atomic mass is 16.3. The van der Waals surface area contributed by atoms with Crippen molar-refractivity contribution in [3.8, 4) is 0 Å². The number of nitrogen functional groups attached to an aromatic ring is 1. The molecule has 1 aromatic carbocycles. The van der Waals surface area contributed by atoms with Crippen molar-refractivity contribution in [3.05, 3.63) is 24.6 Å². The van der Waals surface area contributed by atoms with Crippen molar-refractivity contribution in [2.45, 2.75) is 0 Å². The molecule has 0 aliphatic carbocycles. The van der Waals surface area contributed by atoms with Crippen molar-refractivity contribution in [2.24, 2.45) is 0 Å². The van der Waals surface area contributed by atoms with Gasteiger partial charge in [-0.05, 0) is 12.1 Å². The first-order valence-electron chi connectivity index (χ1n) is 2.89. The van der Waals surface area contributed by atoms with Crippen LogP contribution in [-0.2, 0) is 0 Å². The van der Waals surface area contributed by atoms with Crippen molar-refractivity contribution < 1.29 is 4.42 Å². The molecular weight excluding hydrogens is 128 g/mol. The molecule has 10 heavy (non-hydrogen) atoms. The molecule has 49 valence electrons. The van der Waals surface area contributed by atoms with Gasteiger partial charge in [-0.25, -0.2) is 4.98 Å². The van der Waals surface area contributed by atoms with Gasteiger partial charge < -0.3 is 10.2 Å². The number of para-hydroxylation sites is 1. The van der Waals surface area contributed by atoms with Crippen LogP contribution in [0.1, 0.15) is 0 Å². The maximum absolute atomic E-state index is 5.55. The van der Waals surface area contributed by atoms with Crippen molar-refractivity contribution in [2.75, 3.05) is 5.73 Å². The van der Waals surface area contributed by atoms with Gasteiger partial charge in [0.1, 0.15) is 5.52 Å². The Morgan fingerprint density at radius 3 is 3.20 bits per heavy atom. The second kappa shape index (κ2) is 1.73. The van der Waals surface area contributed by atoms with E-state index in [1.165, 1.54) is 0 Å². The Bertz CT molecular complexity index is 353. The van der Waals surface area contributed by atoms with Crippen LogP contribution in [0.25, 0.3) is 11.1 Å². The molecule has 0 saturated carbocycles. The number of fused-ring (bicyclic) bond motifs is 1. The maximum Gasteiger partial charge on any atom is 0.284 e. The Balaban J connectivity index is 2.95. The Kier molecular flexibility index (Phi) is 0.917. The van der Waals surface area contributed by atoms with E-state index in [1.807, 2.05) is 12.1 Å². The highest BCUT2D eigenvalue weighted by Crippen LogP contribution is 2.17. The number of aromatic nitrogens is 1. The van der Waals surface area contributed by atoms with Crippen LogP contribution in [0.2, 0.25) is 0 Å². The summed E-state index contributed by atoms with van der Waals surface area (Å²) in [6.07, 6.45) is 2.37. The first kappa shape index (κ1) is 5.29. The normalized spacial score (nSPS) is 10.4. The zero-order valence-corrected chi connectivity index (χ0v) is 5.16. The van der Waals surface area contributed by atoms with E-state index in [1.54, 1.807) is 6.07 Å². The molecule has 0 spiro atoms. The van der Waals surface area contributed by atoms with Gasteiger partial charge in [0, 0.05) is 0 Å². The van der Waals surface area contributed by atoms with E-state index in [0.29, 0.717) is 11.3 Å². The van der Waals surface area contributed by atoms with E-state index in [0.717, 1.165) is 5.52 Å². The van der Waals surface area contributed by atoms with Crippen LogP contribution in [-0.4, -0.2) is 4.98 Å². The lowest BCUT2D eigenvalue weighted by Crippen LogP contribution is -1.82. The third-order valence-corrected chi connectivity index (χ3v) is 1.34. The summed E-state index contributed by atoms with van der Waals surface area (Å²) in [7, 11) is 0. The number of benzene rings is 1. The highest BCUT2D eigenvalue weighted by molar-refractivity contribution is 5.84. The van der Waals surface area contributed by atoms with Crippen LogP contribution < -0.4 is 5.73 Å². The van der Waals surface area contributed by atoms with E-state index in [4.69, 9.17) is 10.2 Å². The molecule has 1 radical (unpaired) electrons. The molecule has 1 heterocycles. The van der Waals surface area contributed by atoms with Gasteiger partial charge in [-0.15, -0.1) is 0 Å². The van der Waals surface area contributed by atoms with Gasteiger partial charge in [0.15, 0.2) is 5.58 Å². The molecule has 3 heteroatoms. The summed E-state index contributed by atoms with van der Waals surface area (Å²) in [5, 5.41) is 0. The first-order chi connectivity index (χ1) is 4.88. The molecule has 2 rings (SSSR count). The summed E-state index contributed by atoms with van der Waals surface area (Å²) in [5.41, 5.74) is 7.51. The Labute approximate surface area is 57.5 Å². The van der Waals surface area contributed by atoms with Crippen LogP contribution in [0, 0.1) is 6.39 Å². The van der Waals surface area contributed by atoms with E-state index >= 15 is 0 Å². The fourth-order valence-corrected chi connectivity index (χ4v) is 0.859. The van der Waals surface area contributed by atoms with Crippen LogP contribution in [0.5, 0.6) is 0 Å². The molecule has 0 aliphatic rings. The monoisotopic (exact) mass is 133 g/mol. The second-order valence-electron chi connectivity index (χ2n) is 2.00. The molecule has 0 bridgehead atoms. The maximum atomic E-state index is 5.55. The van der Waals surface area contributed by atoms with Crippen LogP contribution >= 0.6 is 0 Å². The lowest BCUT2D eigenvalue weighted by molar-refractivity contribution is 0.592. The van der Waals surface area contributed by atoms with Crippen LogP contribution in [0.15, 0.2) is 22.6 Å². The van der Waals surface area contributed by atoms with Crippen molar-refractivity contribution in [3.63, 3.8) is 0 Å². The quantitative estimate of drug-likeness (QED) is 0.549. The standard InChI is InChI=1S/C7H5N2O/c8-5-2-1-3-6-7(5)10-4-9-6/h1-3H,8H2. The Morgan fingerprint density at radius 1 is 1.50 bits per heavy atom. The van der Waals surface area contributed by atoms with Gasteiger partial charge in [0.25, 0.3) is 6.39 Å². The van der Waals surface area contributed by atoms with Gasteiger partial charge in [-0.2, -0.15) is 0 Å². The average molecular weight is 133 g/mol. The molecule has 0 saturated heterocycles. The molecule has 0 atom stereocenters. The molecule has 1 aromatic heterocycles. The van der Waals surface area contributed by atoms with Gasteiger partial charge in [0.2, 0.25) is 0 Å². The highest BCUT2D eigenvalue weighted by Gasteiger charge is 1.99. The number of hydrogen-bond donors (Lipinski definition) is 1. The fraction of sp³-hybridized carbons (Fsp3) is 0. The minimum atomic E-state index is 0.603.